The molecule has 2 heteroatoms. The molecule has 0 spiro atoms. The number of nitrogens with one attached hydrogen (secondary N) is 1. The summed E-state index contributed by atoms with van der Waals surface area (Å²) >= 11 is 0. The summed E-state index contributed by atoms with van der Waals surface area (Å²) < 4.78 is 0. The Balaban J connectivity index is 2.14. The van der Waals surface area contributed by atoms with E-state index >= 15 is 0 Å². The number of hydrogen-bond acceptors (Lipinski definition) is 2. The summed E-state index contributed by atoms with van der Waals surface area (Å²) in [6.45, 7) is 4.13. The second kappa shape index (κ2) is 5.65. The maximum absolute atomic E-state index is 10.7. The third-order valence-corrected chi connectivity index (χ3v) is 3.69. The molecule has 1 atom stereocenters. The van der Waals surface area contributed by atoms with Crippen LogP contribution in [0.15, 0.2) is 24.3 Å². The van der Waals surface area contributed by atoms with Crippen LogP contribution >= 0.6 is 0 Å². The van der Waals surface area contributed by atoms with Gasteiger partial charge in [-0.05, 0) is 49.9 Å². The Hall–Kier alpha value is -0.860. The molecule has 0 bridgehead atoms. The van der Waals surface area contributed by atoms with Crippen molar-refractivity contribution >= 4 is 0 Å². The Labute approximate surface area is 104 Å². The molecule has 1 saturated heterocycles. The lowest BCUT2D eigenvalue weighted by molar-refractivity contribution is 0.0240. The molecule has 94 valence electrons. The molecule has 2 N–H and O–H groups in total. The van der Waals surface area contributed by atoms with Crippen molar-refractivity contribution in [2.24, 2.45) is 0 Å². The average Bonchev–Trinajstić information content (AvgIpc) is 2.56. The summed E-state index contributed by atoms with van der Waals surface area (Å²) in [6.07, 6.45) is 5.04. The van der Waals surface area contributed by atoms with Gasteiger partial charge in [0, 0.05) is 0 Å². The highest BCUT2D eigenvalue weighted by molar-refractivity contribution is 5.27. The molecule has 1 heterocycles. The number of rotatable bonds is 3. The van der Waals surface area contributed by atoms with Crippen molar-refractivity contribution in [1.29, 1.82) is 0 Å². The van der Waals surface area contributed by atoms with Crippen LogP contribution in [0.25, 0.3) is 0 Å². The summed E-state index contributed by atoms with van der Waals surface area (Å²) in [5, 5.41) is 14.0. The standard InChI is InChI=1S/C15H23NO/c1-2-4-13-5-7-14(8-6-13)15(17)9-3-11-16-12-10-15/h5-8,16-17H,2-4,9-12H2,1H3. The van der Waals surface area contributed by atoms with E-state index in [1.165, 1.54) is 12.0 Å². The summed E-state index contributed by atoms with van der Waals surface area (Å²) in [4.78, 5) is 0. The fourth-order valence-corrected chi connectivity index (χ4v) is 2.61. The minimum Gasteiger partial charge on any atom is -0.385 e. The van der Waals surface area contributed by atoms with Gasteiger partial charge in [-0.25, -0.2) is 0 Å². The normalized spacial score (nSPS) is 25.5. The Kier molecular flexibility index (Phi) is 4.19. The van der Waals surface area contributed by atoms with Gasteiger partial charge in [0.2, 0.25) is 0 Å². The van der Waals surface area contributed by atoms with Gasteiger partial charge in [0.1, 0.15) is 0 Å². The van der Waals surface area contributed by atoms with Gasteiger partial charge >= 0.3 is 0 Å². The molecule has 2 nitrogen and oxygen atoms in total. The first-order chi connectivity index (χ1) is 8.24. The molecule has 0 aromatic heterocycles. The molecule has 1 fully saturated rings. The van der Waals surface area contributed by atoms with Crippen molar-refractivity contribution < 1.29 is 5.11 Å². The molecule has 0 aliphatic carbocycles. The largest absolute Gasteiger partial charge is 0.385 e. The van der Waals surface area contributed by atoms with E-state index in [0.29, 0.717) is 0 Å². The zero-order chi connectivity index (χ0) is 12.1. The quantitative estimate of drug-likeness (QED) is 0.841. The topological polar surface area (TPSA) is 32.3 Å². The number of aryl methyl sites for hydroxylation is 1. The molecule has 17 heavy (non-hydrogen) atoms. The van der Waals surface area contributed by atoms with Crippen molar-refractivity contribution in [2.45, 2.75) is 44.6 Å². The molecular formula is C15H23NO. The third-order valence-electron chi connectivity index (χ3n) is 3.69. The Morgan fingerprint density at radius 1 is 1.18 bits per heavy atom. The minimum atomic E-state index is -0.617. The van der Waals surface area contributed by atoms with Gasteiger partial charge in [0.25, 0.3) is 0 Å². The second-order valence-electron chi connectivity index (χ2n) is 5.08. The van der Waals surface area contributed by atoms with Crippen molar-refractivity contribution in [2.75, 3.05) is 13.1 Å². The number of aliphatic hydroxyl groups is 1. The van der Waals surface area contributed by atoms with Crippen LogP contribution in [-0.2, 0) is 12.0 Å². The zero-order valence-electron chi connectivity index (χ0n) is 10.7. The fourth-order valence-electron chi connectivity index (χ4n) is 2.61. The van der Waals surface area contributed by atoms with E-state index < -0.39 is 5.60 Å². The maximum atomic E-state index is 10.7. The van der Waals surface area contributed by atoms with Crippen LogP contribution in [0.3, 0.4) is 0 Å². The van der Waals surface area contributed by atoms with Crippen molar-refractivity contribution in [3.63, 3.8) is 0 Å². The van der Waals surface area contributed by atoms with Crippen LogP contribution in [0.4, 0.5) is 0 Å². The van der Waals surface area contributed by atoms with Crippen LogP contribution in [0, 0.1) is 0 Å². The highest BCUT2D eigenvalue weighted by Crippen LogP contribution is 2.31. The Bertz CT molecular complexity index is 336. The van der Waals surface area contributed by atoms with E-state index in [9.17, 15) is 5.11 Å². The summed E-state index contributed by atoms with van der Waals surface area (Å²) in [5.74, 6) is 0. The third kappa shape index (κ3) is 3.08. The number of benzene rings is 1. The predicted octanol–water partition coefficient (Wildman–Crippen LogP) is 2.60. The molecule has 1 aromatic rings. The van der Waals surface area contributed by atoms with Gasteiger partial charge in [-0.15, -0.1) is 0 Å². The second-order valence-corrected chi connectivity index (χ2v) is 5.08. The van der Waals surface area contributed by atoms with Gasteiger partial charge in [-0.2, -0.15) is 0 Å². The minimum absolute atomic E-state index is 0.617. The van der Waals surface area contributed by atoms with Gasteiger partial charge < -0.3 is 10.4 Å². The number of hydrogen-bond donors (Lipinski definition) is 2. The first-order valence-electron chi connectivity index (χ1n) is 6.77. The van der Waals surface area contributed by atoms with E-state index in [-0.39, 0.29) is 0 Å². The van der Waals surface area contributed by atoms with Gasteiger partial charge in [0.05, 0.1) is 5.60 Å². The summed E-state index contributed by atoms with van der Waals surface area (Å²) in [6, 6.07) is 8.54. The molecule has 2 rings (SSSR count). The van der Waals surface area contributed by atoms with Crippen molar-refractivity contribution in [3.8, 4) is 0 Å². The van der Waals surface area contributed by atoms with Crippen LogP contribution in [0.2, 0.25) is 0 Å². The first-order valence-corrected chi connectivity index (χ1v) is 6.77. The molecule has 0 saturated carbocycles. The van der Waals surface area contributed by atoms with E-state index in [1.807, 2.05) is 0 Å². The van der Waals surface area contributed by atoms with E-state index in [4.69, 9.17) is 0 Å². The molecule has 1 aromatic carbocycles. The highest BCUT2D eigenvalue weighted by Gasteiger charge is 2.29. The summed E-state index contributed by atoms with van der Waals surface area (Å²) in [7, 11) is 0. The first kappa shape index (κ1) is 12.6. The lowest BCUT2D eigenvalue weighted by atomic mass is 9.86. The van der Waals surface area contributed by atoms with Gasteiger partial charge in [0.15, 0.2) is 0 Å². The molecule has 0 radical (unpaired) electrons. The van der Waals surface area contributed by atoms with E-state index in [0.717, 1.165) is 44.3 Å². The molecule has 0 amide bonds. The van der Waals surface area contributed by atoms with Crippen LogP contribution in [-0.4, -0.2) is 18.2 Å². The van der Waals surface area contributed by atoms with Crippen LogP contribution < -0.4 is 5.32 Å². The predicted molar refractivity (Wildman–Crippen MR) is 71.1 cm³/mol. The van der Waals surface area contributed by atoms with Crippen molar-refractivity contribution in [1.82, 2.24) is 5.32 Å². The summed E-state index contributed by atoms with van der Waals surface area (Å²) in [5.41, 5.74) is 1.83. The smallest absolute Gasteiger partial charge is 0.0909 e. The SMILES string of the molecule is CCCc1ccc(C2(O)CCCNCC2)cc1. The molecule has 1 aliphatic heterocycles. The lowest BCUT2D eigenvalue weighted by Crippen LogP contribution is -2.27. The fraction of sp³-hybridized carbons (Fsp3) is 0.600. The van der Waals surface area contributed by atoms with Crippen LogP contribution in [0.1, 0.15) is 43.7 Å². The Morgan fingerprint density at radius 3 is 2.65 bits per heavy atom. The molecular weight excluding hydrogens is 210 g/mol. The van der Waals surface area contributed by atoms with Gasteiger partial charge in [-0.1, -0.05) is 37.6 Å². The Morgan fingerprint density at radius 2 is 1.94 bits per heavy atom. The van der Waals surface area contributed by atoms with Crippen molar-refractivity contribution in [3.05, 3.63) is 35.4 Å². The van der Waals surface area contributed by atoms with E-state index in [1.54, 1.807) is 0 Å². The average molecular weight is 233 g/mol. The van der Waals surface area contributed by atoms with Crippen LogP contribution in [0.5, 0.6) is 0 Å². The lowest BCUT2D eigenvalue weighted by Gasteiger charge is -2.27. The molecule has 1 aliphatic rings. The monoisotopic (exact) mass is 233 g/mol. The molecule has 1 unspecified atom stereocenters. The van der Waals surface area contributed by atoms with E-state index in [2.05, 4.69) is 36.5 Å². The highest BCUT2D eigenvalue weighted by atomic mass is 16.3. The zero-order valence-corrected chi connectivity index (χ0v) is 10.7. The maximum Gasteiger partial charge on any atom is 0.0909 e. The van der Waals surface area contributed by atoms with Gasteiger partial charge in [-0.3, -0.25) is 0 Å².